The molecule has 164 valence electrons. The molecule has 0 spiro atoms. The Bertz CT molecular complexity index is 1170. The van der Waals surface area contributed by atoms with Crippen molar-refractivity contribution in [1.29, 1.82) is 0 Å². The molecule has 0 atom stereocenters. The fourth-order valence-corrected chi connectivity index (χ4v) is 7.38. The first-order chi connectivity index (χ1) is 15.5. The first kappa shape index (κ1) is 19.8. The van der Waals surface area contributed by atoms with Crippen LogP contribution in [0, 0.1) is 17.8 Å². The zero-order valence-electron chi connectivity index (χ0n) is 18.9. The number of ether oxygens (including phenoxy) is 2. The van der Waals surface area contributed by atoms with E-state index in [0.717, 1.165) is 34.3 Å². The Kier molecular flexibility index (Phi) is 4.57. The molecule has 0 N–H and O–H groups in total. The molecule has 4 bridgehead atoms. The monoisotopic (exact) mass is 426 g/mol. The minimum Gasteiger partial charge on any atom is -0.496 e. The first-order valence-corrected chi connectivity index (χ1v) is 11.9. The molecule has 0 heterocycles. The van der Waals surface area contributed by atoms with E-state index in [9.17, 15) is 4.79 Å². The standard InChI is InChI=1S/C29H30O3/c1-18(30)32-26-7-5-23-12-22(3-4-24(23)13-26)25-6-8-28(31-2)27(14-25)29-15-19-9-20(16-29)11-21(10-19)17-29/h3-8,12-14,19-21H,9-11,15-17H2,1-2H3. The highest BCUT2D eigenvalue weighted by Gasteiger charge is 2.52. The van der Waals surface area contributed by atoms with Gasteiger partial charge < -0.3 is 9.47 Å². The van der Waals surface area contributed by atoms with E-state index in [2.05, 4.69) is 36.4 Å². The lowest BCUT2D eigenvalue weighted by atomic mass is 9.48. The number of hydrogen-bond acceptors (Lipinski definition) is 3. The van der Waals surface area contributed by atoms with Crippen LogP contribution in [0.3, 0.4) is 0 Å². The number of fused-ring (bicyclic) bond motifs is 1. The summed E-state index contributed by atoms with van der Waals surface area (Å²) in [5.41, 5.74) is 4.20. The summed E-state index contributed by atoms with van der Waals surface area (Å²) in [6.07, 6.45) is 8.32. The average Bonchev–Trinajstić information content (AvgIpc) is 2.77. The fraction of sp³-hybridized carbons (Fsp3) is 0.414. The summed E-state index contributed by atoms with van der Waals surface area (Å²) in [7, 11) is 1.82. The molecule has 7 rings (SSSR count). The lowest BCUT2D eigenvalue weighted by molar-refractivity contribution is -0.131. The van der Waals surface area contributed by atoms with Crippen LogP contribution in [-0.4, -0.2) is 13.1 Å². The Morgan fingerprint density at radius 2 is 1.41 bits per heavy atom. The van der Waals surface area contributed by atoms with E-state index in [4.69, 9.17) is 9.47 Å². The second kappa shape index (κ2) is 7.37. The van der Waals surface area contributed by atoms with Gasteiger partial charge >= 0.3 is 5.97 Å². The van der Waals surface area contributed by atoms with Gasteiger partial charge in [-0.25, -0.2) is 0 Å². The second-order valence-corrected chi connectivity index (χ2v) is 10.4. The van der Waals surface area contributed by atoms with Crippen LogP contribution in [-0.2, 0) is 10.2 Å². The van der Waals surface area contributed by atoms with Gasteiger partial charge in [-0.15, -0.1) is 0 Å². The van der Waals surface area contributed by atoms with Gasteiger partial charge in [0.15, 0.2) is 0 Å². The van der Waals surface area contributed by atoms with Crippen molar-refractivity contribution < 1.29 is 14.3 Å². The van der Waals surface area contributed by atoms with Crippen LogP contribution in [0.4, 0.5) is 0 Å². The Morgan fingerprint density at radius 1 is 0.812 bits per heavy atom. The van der Waals surface area contributed by atoms with E-state index in [1.165, 1.54) is 62.1 Å². The van der Waals surface area contributed by atoms with Crippen molar-refractivity contribution in [2.24, 2.45) is 17.8 Å². The van der Waals surface area contributed by atoms with Gasteiger partial charge in [-0.05, 0) is 114 Å². The predicted molar refractivity (Wildman–Crippen MR) is 127 cm³/mol. The lowest BCUT2D eigenvalue weighted by Gasteiger charge is -2.57. The Hall–Kier alpha value is -2.81. The van der Waals surface area contributed by atoms with E-state index in [1.54, 1.807) is 0 Å². The SMILES string of the molecule is COc1ccc(-c2ccc3cc(OC(C)=O)ccc3c2)cc1C12CC3CC(CC(C3)C1)C2. The van der Waals surface area contributed by atoms with Gasteiger partial charge in [-0.2, -0.15) is 0 Å². The Morgan fingerprint density at radius 3 is 2.06 bits per heavy atom. The molecule has 4 fully saturated rings. The second-order valence-electron chi connectivity index (χ2n) is 10.4. The highest BCUT2D eigenvalue weighted by Crippen LogP contribution is 2.62. The van der Waals surface area contributed by atoms with Gasteiger partial charge in [-0.1, -0.05) is 24.3 Å². The molecule has 3 aromatic rings. The molecule has 0 amide bonds. The van der Waals surface area contributed by atoms with Crippen LogP contribution in [0.2, 0.25) is 0 Å². The largest absolute Gasteiger partial charge is 0.496 e. The first-order valence-electron chi connectivity index (χ1n) is 11.9. The molecule has 0 aromatic heterocycles. The number of esters is 1. The van der Waals surface area contributed by atoms with Gasteiger partial charge in [-0.3, -0.25) is 4.79 Å². The lowest BCUT2D eigenvalue weighted by Crippen LogP contribution is -2.48. The number of rotatable bonds is 4. The summed E-state index contributed by atoms with van der Waals surface area (Å²) in [6.45, 7) is 1.43. The highest BCUT2D eigenvalue weighted by atomic mass is 16.5. The van der Waals surface area contributed by atoms with Crippen LogP contribution in [0.5, 0.6) is 11.5 Å². The van der Waals surface area contributed by atoms with Crippen molar-refractivity contribution in [3.05, 3.63) is 60.2 Å². The van der Waals surface area contributed by atoms with E-state index in [0.29, 0.717) is 11.2 Å². The number of carbonyl (C=O) groups excluding carboxylic acids is 1. The summed E-state index contributed by atoms with van der Waals surface area (Å²) >= 11 is 0. The summed E-state index contributed by atoms with van der Waals surface area (Å²) in [5, 5.41) is 2.22. The van der Waals surface area contributed by atoms with E-state index >= 15 is 0 Å². The van der Waals surface area contributed by atoms with Gasteiger partial charge in [0, 0.05) is 12.5 Å². The molecule has 0 aliphatic heterocycles. The van der Waals surface area contributed by atoms with E-state index in [1.807, 2.05) is 25.3 Å². The number of benzene rings is 3. The summed E-state index contributed by atoms with van der Waals surface area (Å²) in [5.74, 6) is 4.07. The Labute approximate surface area is 189 Å². The zero-order valence-corrected chi connectivity index (χ0v) is 18.9. The van der Waals surface area contributed by atoms with Gasteiger partial charge in [0.1, 0.15) is 11.5 Å². The van der Waals surface area contributed by atoms with Crippen LogP contribution in [0.25, 0.3) is 21.9 Å². The number of methoxy groups -OCH3 is 1. The van der Waals surface area contributed by atoms with Gasteiger partial charge in [0.05, 0.1) is 7.11 Å². The van der Waals surface area contributed by atoms with Crippen molar-refractivity contribution in [2.45, 2.75) is 50.9 Å². The minimum absolute atomic E-state index is 0.295. The van der Waals surface area contributed by atoms with Crippen molar-refractivity contribution in [3.8, 4) is 22.6 Å². The normalized spacial score (nSPS) is 28.1. The quantitative estimate of drug-likeness (QED) is 0.336. The number of hydrogen-bond donors (Lipinski definition) is 0. The third kappa shape index (κ3) is 3.30. The number of carbonyl (C=O) groups is 1. The highest BCUT2D eigenvalue weighted by molar-refractivity contribution is 5.89. The maximum absolute atomic E-state index is 11.3. The molecule has 4 saturated carbocycles. The minimum atomic E-state index is -0.295. The maximum Gasteiger partial charge on any atom is 0.308 e. The van der Waals surface area contributed by atoms with Crippen molar-refractivity contribution in [3.63, 3.8) is 0 Å². The van der Waals surface area contributed by atoms with Crippen LogP contribution in [0.1, 0.15) is 51.0 Å². The molecule has 3 aromatic carbocycles. The van der Waals surface area contributed by atoms with Crippen LogP contribution >= 0.6 is 0 Å². The summed E-state index contributed by atoms with van der Waals surface area (Å²) in [6, 6.07) is 19.1. The molecular weight excluding hydrogens is 396 g/mol. The predicted octanol–water partition coefficient (Wildman–Crippen LogP) is 6.91. The van der Waals surface area contributed by atoms with Gasteiger partial charge in [0.25, 0.3) is 0 Å². The smallest absolute Gasteiger partial charge is 0.308 e. The maximum atomic E-state index is 11.3. The van der Waals surface area contributed by atoms with E-state index in [-0.39, 0.29) is 5.97 Å². The molecule has 0 saturated heterocycles. The van der Waals surface area contributed by atoms with Crippen molar-refractivity contribution >= 4 is 16.7 Å². The molecule has 32 heavy (non-hydrogen) atoms. The zero-order chi connectivity index (χ0) is 21.9. The van der Waals surface area contributed by atoms with Crippen LogP contribution < -0.4 is 9.47 Å². The fourth-order valence-electron chi connectivity index (χ4n) is 7.38. The third-order valence-electron chi connectivity index (χ3n) is 8.22. The molecular formula is C29H30O3. The molecule has 3 nitrogen and oxygen atoms in total. The molecule has 3 heteroatoms. The van der Waals surface area contributed by atoms with Crippen LogP contribution in [0.15, 0.2) is 54.6 Å². The molecule has 0 unspecified atom stereocenters. The molecule has 4 aliphatic rings. The van der Waals surface area contributed by atoms with E-state index < -0.39 is 0 Å². The average molecular weight is 427 g/mol. The third-order valence-corrected chi connectivity index (χ3v) is 8.22. The summed E-state index contributed by atoms with van der Waals surface area (Å²) in [4.78, 5) is 11.3. The Balaban J connectivity index is 1.39. The molecule has 4 aliphatic carbocycles. The van der Waals surface area contributed by atoms with Crippen molar-refractivity contribution in [1.82, 2.24) is 0 Å². The van der Waals surface area contributed by atoms with Crippen molar-refractivity contribution in [2.75, 3.05) is 7.11 Å². The molecule has 0 radical (unpaired) electrons. The summed E-state index contributed by atoms with van der Waals surface area (Å²) < 4.78 is 11.1. The topological polar surface area (TPSA) is 35.5 Å². The van der Waals surface area contributed by atoms with Gasteiger partial charge in [0.2, 0.25) is 0 Å².